The molecule has 1 atom stereocenters. The summed E-state index contributed by atoms with van der Waals surface area (Å²) in [5, 5.41) is 14.3. The van der Waals surface area contributed by atoms with Crippen LogP contribution < -0.4 is 10.1 Å². The second-order valence-electron chi connectivity index (χ2n) is 5.77. The molecule has 0 aliphatic carbocycles. The van der Waals surface area contributed by atoms with E-state index in [1.807, 2.05) is 24.3 Å². The van der Waals surface area contributed by atoms with Crippen LogP contribution >= 0.6 is 0 Å². The van der Waals surface area contributed by atoms with Gasteiger partial charge in [0.2, 0.25) is 0 Å². The molecule has 1 N–H and O–H groups in total. The number of benzene rings is 2. The number of hydrogen-bond acceptors (Lipinski definition) is 5. The Labute approximate surface area is 145 Å². The Hall–Kier alpha value is -2.93. The lowest BCUT2D eigenvalue weighted by molar-refractivity contribution is -0.384. The van der Waals surface area contributed by atoms with Gasteiger partial charge in [-0.05, 0) is 12.1 Å². The summed E-state index contributed by atoms with van der Waals surface area (Å²) >= 11 is 0. The second kappa shape index (κ2) is 7.31. The number of nitrogens with zero attached hydrogens (tertiary/aromatic N) is 2. The smallest absolute Gasteiger partial charge is 0.270 e. The Morgan fingerprint density at radius 3 is 2.84 bits per heavy atom. The van der Waals surface area contributed by atoms with Crippen molar-refractivity contribution in [3.8, 4) is 5.75 Å². The van der Waals surface area contributed by atoms with Gasteiger partial charge in [0.1, 0.15) is 5.75 Å². The molecule has 0 spiro atoms. The first-order chi connectivity index (χ1) is 12.1. The Balaban J connectivity index is 1.94. The molecule has 25 heavy (non-hydrogen) atoms. The topological polar surface area (TPSA) is 84.7 Å². The third-order valence-electron chi connectivity index (χ3n) is 4.31. The number of nitro benzene ring substituents is 1. The van der Waals surface area contributed by atoms with Gasteiger partial charge < -0.3 is 15.0 Å². The van der Waals surface area contributed by atoms with Crippen LogP contribution in [0.2, 0.25) is 0 Å². The number of hydrogen-bond donors (Lipinski definition) is 1. The Bertz CT molecular complexity index is 793. The van der Waals surface area contributed by atoms with Gasteiger partial charge in [0.25, 0.3) is 11.6 Å². The van der Waals surface area contributed by atoms with Crippen molar-refractivity contribution in [2.24, 2.45) is 0 Å². The van der Waals surface area contributed by atoms with E-state index >= 15 is 0 Å². The monoisotopic (exact) mass is 341 g/mol. The minimum atomic E-state index is -0.494. The number of ether oxygens (including phenoxy) is 1. The zero-order valence-electron chi connectivity index (χ0n) is 13.8. The molecule has 0 radical (unpaired) electrons. The lowest BCUT2D eigenvalue weighted by atomic mass is 10.0. The van der Waals surface area contributed by atoms with Crippen LogP contribution in [0.25, 0.3) is 0 Å². The van der Waals surface area contributed by atoms with Crippen LogP contribution in [0.15, 0.2) is 48.5 Å². The zero-order chi connectivity index (χ0) is 17.8. The van der Waals surface area contributed by atoms with Crippen LogP contribution in [0.4, 0.5) is 5.69 Å². The number of non-ortho nitro benzene ring substituents is 1. The summed E-state index contributed by atoms with van der Waals surface area (Å²) in [5.74, 6) is 0.495. The Kier molecular flexibility index (Phi) is 4.95. The van der Waals surface area contributed by atoms with Gasteiger partial charge >= 0.3 is 0 Å². The number of carbonyl (C=O) groups excluding carboxylic acids is 1. The Morgan fingerprint density at radius 1 is 1.28 bits per heavy atom. The lowest BCUT2D eigenvalue weighted by Crippen LogP contribution is -2.48. The van der Waals surface area contributed by atoms with E-state index < -0.39 is 4.92 Å². The number of para-hydroxylation sites is 1. The number of amides is 1. The van der Waals surface area contributed by atoms with Crippen LogP contribution in [-0.2, 0) is 0 Å². The molecule has 0 saturated carbocycles. The molecule has 1 aliphatic heterocycles. The third kappa shape index (κ3) is 3.46. The minimum Gasteiger partial charge on any atom is -0.496 e. The van der Waals surface area contributed by atoms with Crippen molar-refractivity contribution in [1.29, 1.82) is 0 Å². The molecule has 3 rings (SSSR count). The predicted molar refractivity (Wildman–Crippen MR) is 92.7 cm³/mol. The molecule has 1 aliphatic rings. The molecule has 1 heterocycles. The highest BCUT2D eigenvalue weighted by atomic mass is 16.6. The molecule has 0 aromatic heterocycles. The first-order valence-corrected chi connectivity index (χ1v) is 8.01. The van der Waals surface area contributed by atoms with Crippen molar-refractivity contribution >= 4 is 11.6 Å². The second-order valence-corrected chi connectivity index (χ2v) is 5.77. The van der Waals surface area contributed by atoms with E-state index in [0.29, 0.717) is 30.9 Å². The molecule has 1 unspecified atom stereocenters. The summed E-state index contributed by atoms with van der Waals surface area (Å²) in [6.07, 6.45) is 0. The summed E-state index contributed by atoms with van der Waals surface area (Å²) in [5.41, 5.74) is 1.14. The minimum absolute atomic E-state index is 0.0881. The third-order valence-corrected chi connectivity index (χ3v) is 4.31. The number of nitro groups is 1. The summed E-state index contributed by atoms with van der Waals surface area (Å²) in [6.45, 7) is 1.79. The van der Waals surface area contributed by atoms with Gasteiger partial charge in [-0.3, -0.25) is 14.9 Å². The van der Waals surface area contributed by atoms with Gasteiger partial charge in [0.15, 0.2) is 0 Å². The fourth-order valence-corrected chi connectivity index (χ4v) is 3.09. The van der Waals surface area contributed by atoms with E-state index in [4.69, 9.17) is 4.74 Å². The van der Waals surface area contributed by atoms with Gasteiger partial charge in [-0.15, -0.1) is 0 Å². The summed E-state index contributed by atoms with van der Waals surface area (Å²) < 4.78 is 5.43. The van der Waals surface area contributed by atoms with Crippen molar-refractivity contribution in [2.45, 2.75) is 6.04 Å². The Morgan fingerprint density at radius 2 is 2.08 bits per heavy atom. The van der Waals surface area contributed by atoms with Gasteiger partial charge in [0, 0.05) is 42.9 Å². The molecule has 2 aromatic carbocycles. The number of nitrogens with one attached hydrogen (secondary N) is 1. The van der Waals surface area contributed by atoms with Gasteiger partial charge in [0.05, 0.1) is 18.1 Å². The maximum Gasteiger partial charge on any atom is 0.270 e. The number of rotatable bonds is 4. The van der Waals surface area contributed by atoms with Gasteiger partial charge in [-0.1, -0.05) is 24.3 Å². The molecule has 1 fully saturated rings. The van der Waals surface area contributed by atoms with Crippen LogP contribution in [0.3, 0.4) is 0 Å². The fraction of sp³-hybridized carbons (Fsp3) is 0.278. The van der Waals surface area contributed by atoms with Crippen LogP contribution in [0.5, 0.6) is 5.75 Å². The van der Waals surface area contributed by atoms with Crippen molar-refractivity contribution in [1.82, 2.24) is 10.2 Å². The van der Waals surface area contributed by atoms with Crippen molar-refractivity contribution < 1.29 is 14.5 Å². The van der Waals surface area contributed by atoms with Crippen molar-refractivity contribution in [3.63, 3.8) is 0 Å². The largest absolute Gasteiger partial charge is 0.496 e. The molecule has 2 aromatic rings. The quantitative estimate of drug-likeness (QED) is 0.682. The lowest BCUT2D eigenvalue weighted by Gasteiger charge is -2.37. The molecule has 1 saturated heterocycles. The van der Waals surface area contributed by atoms with Crippen molar-refractivity contribution in [2.75, 3.05) is 26.7 Å². The van der Waals surface area contributed by atoms with Gasteiger partial charge in [-0.2, -0.15) is 0 Å². The van der Waals surface area contributed by atoms with Gasteiger partial charge in [-0.25, -0.2) is 0 Å². The average molecular weight is 341 g/mol. The molecule has 0 bridgehead atoms. The maximum atomic E-state index is 13.0. The average Bonchev–Trinajstić information content (AvgIpc) is 2.67. The first kappa shape index (κ1) is 16.9. The molecule has 7 heteroatoms. The highest BCUT2D eigenvalue weighted by molar-refractivity contribution is 5.95. The molecule has 1 amide bonds. The molecular formula is C18H19N3O4. The van der Waals surface area contributed by atoms with E-state index in [0.717, 1.165) is 5.56 Å². The van der Waals surface area contributed by atoms with E-state index in [1.54, 1.807) is 18.1 Å². The number of methoxy groups -OCH3 is 1. The standard InChI is InChI=1S/C18H19N3O4/c1-25-17-8-3-2-7-15(17)16-12-19-9-10-20(16)18(22)13-5-4-6-14(11-13)21(23)24/h2-8,11,16,19H,9-10,12H2,1H3. The maximum absolute atomic E-state index is 13.0. The van der Waals surface area contributed by atoms with E-state index in [1.165, 1.54) is 18.2 Å². The normalized spacial score (nSPS) is 17.2. The first-order valence-electron chi connectivity index (χ1n) is 8.01. The van der Waals surface area contributed by atoms with E-state index in [2.05, 4.69) is 5.32 Å². The molecular weight excluding hydrogens is 322 g/mol. The zero-order valence-corrected chi connectivity index (χ0v) is 13.8. The summed E-state index contributed by atoms with van der Waals surface area (Å²) in [4.78, 5) is 25.2. The van der Waals surface area contributed by atoms with Crippen molar-refractivity contribution in [3.05, 3.63) is 69.8 Å². The molecule has 130 valence electrons. The number of piperazine rings is 1. The van der Waals surface area contributed by atoms with E-state index in [-0.39, 0.29) is 17.6 Å². The van der Waals surface area contributed by atoms with Crippen LogP contribution in [0.1, 0.15) is 22.0 Å². The summed E-state index contributed by atoms with van der Waals surface area (Å²) in [6, 6.07) is 13.2. The number of carbonyl (C=O) groups is 1. The highest BCUT2D eigenvalue weighted by Gasteiger charge is 2.30. The van der Waals surface area contributed by atoms with Crippen LogP contribution in [0, 0.1) is 10.1 Å². The predicted octanol–water partition coefficient (Wildman–Crippen LogP) is 2.39. The fourth-order valence-electron chi connectivity index (χ4n) is 3.09. The SMILES string of the molecule is COc1ccccc1C1CNCCN1C(=O)c1cccc([N+](=O)[O-])c1. The highest BCUT2D eigenvalue weighted by Crippen LogP contribution is 2.31. The summed E-state index contributed by atoms with van der Waals surface area (Å²) in [7, 11) is 1.60. The molecule has 7 nitrogen and oxygen atoms in total. The van der Waals surface area contributed by atoms with E-state index in [9.17, 15) is 14.9 Å². The van der Waals surface area contributed by atoms with Crippen LogP contribution in [-0.4, -0.2) is 42.5 Å².